The Bertz CT molecular complexity index is 439. The minimum absolute atomic E-state index is 0.255. The van der Waals surface area contributed by atoms with Gasteiger partial charge in [-0.05, 0) is 69.6 Å². The van der Waals surface area contributed by atoms with E-state index in [1.54, 1.807) is 0 Å². The molecule has 0 heterocycles. The van der Waals surface area contributed by atoms with Gasteiger partial charge in [0.15, 0.2) is 0 Å². The summed E-state index contributed by atoms with van der Waals surface area (Å²) in [6.45, 7) is 4.61. The summed E-state index contributed by atoms with van der Waals surface area (Å²) in [6, 6.07) is 0. The predicted octanol–water partition coefficient (Wildman–Crippen LogP) is 9.47. The van der Waals surface area contributed by atoms with Gasteiger partial charge < -0.3 is 0 Å². The summed E-state index contributed by atoms with van der Waals surface area (Å²) in [5.74, 6) is 1.89. The second kappa shape index (κ2) is 9.59. The van der Waals surface area contributed by atoms with Crippen molar-refractivity contribution >= 4 is 23.2 Å². The molecule has 0 nitrogen and oxygen atoms in total. The van der Waals surface area contributed by atoms with Gasteiger partial charge in [0.25, 0.3) is 0 Å². The summed E-state index contributed by atoms with van der Waals surface area (Å²) < 4.78 is -0.443. The first-order chi connectivity index (χ1) is 13.0. The Labute approximate surface area is 179 Å². The van der Waals surface area contributed by atoms with Crippen molar-refractivity contribution in [2.75, 3.05) is 0 Å². The Balaban J connectivity index is 1.45. The average molecular weight is 416 g/mol. The molecule has 0 saturated heterocycles. The summed E-state index contributed by atoms with van der Waals surface area (Å²) in [5.41, 5.74) is 0.510. The van der Waals surface area contributed by atoms with E-state index in [-0.39, 0.29) is 10.8 Å². The largest absolute Gasteiger partial charge is 0.129 e. The minimum atomic E-state index is -0.443. The topological polar surface area (TPSA) is 0 Å². The molecule has 0 aliphatic heterocycles. The first-order valence-corrected chi connectivity index (χ1v) is 13.1. The average Bonchev–Trinajstić information content (AvgIpc) is 2.68. The van der Waals surface area contributed by atoms with Crippen molar-refractivity contribution in [3.05, 3.63) is 0 Å². The molecule has 3 rings (SSSR count). The molecular formula is C25H44Cl2. The molecule has 0 atom stereocenters. The highest BCUT2D eigenvalue weighted by Crippen LogP contribution is 2.76. The van der Waals surface area contributed by atoms with E-state index in [2.05, 4.69) is 13.8 Å². The van der Waals surface area contributed by atoms with E-state index < -0.39 is 4.33 Å². The molecule has 0 aromatic carbocycles. The lowest BCUT2D eigenvalue weighted by atomic mass is 9.43. The first kappa shape index (κ1) is 22.3. The number of hydrogen-bond donors (Lipinski definition) is 0. The molecule has 0 N–H and O–H groups in total. The summed E-state index contributed by atoms with van der Waals surface area (Å²) in [4.78, 5) is 0. The molecule has 3 aliphatic carbocycles. The minimum Gasteiger partial charge on any atom is -0.100 e. The van der Waals surface area contributed by atoms with Crippen LogP contribution >= 0.6 is 23.2 Å². The second-order valence-electron chi connectivity index (χ2n) is 10.5. The normalized spacial score (nSPS) is 38.2. The van der Waals surface area contributed by atoms with Crippen LogP contribution in [-0.2, 0) is 0 Å². The maximum atomic E-state index is 7.21. The van der Waals surface area contributed by atoms with Gasteiger partial charge in [0, 0.05) is 10.8 Å². The van der Waals surface area contributed by atoms with E-state index in [9.17, 15) is 0 Å². The summed E-state index contributed by atoms with van der Waals surface area (Å²) >= 11 is 14.4. The van der Waals surface area contributed by atoms with Crippen LogP contribution in [0.1, 0.15) is 129 Å². The number of halogens is 2. The summed E-state index contributed by atoms with van der Waals surface area (Å²) in [6.07, 6.45) is 24.7. The quantitative estimate of drug-likeness (QED) is 0.260. The third-order valence-electron chi connectivity index (χ3n) is 8.82. The van der Waals surface area contributed by atoms with E-state index >= 15 is 0 Å². The van der Waals surface area contributed by atoms with Crippen molar-refractivity contribution in [3.63, 3.8) is 0 Å². The van der Waals surface area contributed by atoms with Crippen molar-refractivity contribution < 1.29 is 0 Å². The SMILES string of the molecule is CCCCCCC1CC[C@]2(CC1)C[C@@]1(CC[C@H](CCCCC)CC1)C2(Cl)Cl. The molecule has 3 fully saturated rings. The number of hydrogen-bond acceptors (Lipinski definition) is 0. The fourth-order valence-corrected chi connectivity index (χ4v) is 7.91. The van der Waals surface area contributed by atoms with Crippen LogP contribution in [0.2, 0.25) is 0 Å². The highest BCUT2D eigenvalue weighted by Gasteiger charge is 2.72. The van der Waals surface area contributed by atoms with Gasteiger partial charge in [-0.3, -0.25) is 0 Å². The van der Waals surface area contributed by atoms with Crippen LogP contribution in [-0.4, -0.2) is 4.33 Å². The van der Waals surface area contributed by atoms with Crippen molar-refractivity contribution in [2.45, 2.75) is 134 Å². The maximum absolute atomic E-state index is 7.21. The van der Waals surface area contributed by atoms with Gasteiger partial charge in [-0.25, -0.2) is 0 Å². The molecular weight excluding hydrogens is 371 g/mol. The smallest absolute Gasteiger partial charge is 0.100 e. The zero-order chi connectivity index (χ0) is 19.4. The third kappa shape index (κ3) is 4.52. The summed E-state index contributed by atoms with van der Waals surface area (Å²) in [5, 5.41) is 0. The van der Waals surface area contributed by atoms with Gasteiger partial charge in [0.05, 0.1) is 0 Å². The molecule has 158 valence electrons. The van der Waals surface area contributed by atoms with Crippen LogP contribution < -0.4 is 0 Å². The van der Waals surface area contributed by atoms with Crippen LogP contribution in [0.25, 0.3) is 0 Å². The molecule has 0 unspecified atom stereocenters. The second-order valence-corrected chi connectivity index (χ2v) is 11.9. The van der Waals surface area contributed by atoms with Gasteiger partial charge in [-0.15, -0.1) is 23.2 Å². The van der Waals surface area contributed by atoms with E-state index in [0.29, 0.717) is 0 Å². The zero-order valence-electron chi connectivity index (χ0n) is 18.1. The van der Waals surface area contributed by atoms with E-state index in [4.69, 9.17) is 23.2 Å². The lowest BCUT2D eigenvalue weighted by molar-refractivity contribution is -0.115. The molecule has 0 aromatic heterocycles. The Hall–Kier alpha value is 0.580. The molecule has 3 aliphatic rings. The number of alkyl halides is 2. The molecule has 27 heavy (non-hydrogen) atoms. The molecule has 0 radical (unpaired) electrons. The molecule has 3 saturated carbocycles. The van der Waals surface area contributed by atoms with Crippen LogP contribution in [0.5, 0.6) is 0 Å². The maximum Gasteiger partial charge on any atom is 0.129 e. The lowest BCUT2D eigenvalue weighted by Gasteiger charge is -2.69. The Morgan fingerprint density at radius 1 is 0.630 bits per heavy atom. The number of unbranched alkanes of at least 4 members (excludes halogenated alkanes) is 5. The first-order valence-electron chi connectivity index (χ1n) is 12.4. The van der Waals surface area contributed by atoms with Crippen molar-refractivity contribution in [3.8, 4) is 0 Å². The van der Waals surface area contributed by atoms with Crippen molar-refractivity contribution in [1.29, 1.82) is 0 Å². The van der Waals surface area contributed by atoms with E-state index in [1.807, 2.05) is 0 Å². The fourth-order valence-electron chi connectivity index (χ4n) is 6.89. The standard InChI is InChI=1S/C25H44Cl2/c1-3-5-7-9-11-22-14-18-24(19-15-22)20-23(25(24,26)27)16-12-21(13-17-23)10-8-6-4-2/h21-22H,3-20H2,1-2H3/t21-,22?,23-,24-. The van der Waals surface area contributed by atoms with Gasteiger partial charge >= 0.3 is 0 Å². The fraction of sp³-hybridized carbons (Fsp3) is 1.00. The molecule has 0 bridgehead atoms. The lowest BCUT2D eigenvalue weighted by Crippen LogP contribution is -2.66. The Kier molecular flexibility index (Phi) is 7.91. The Morgan fingerprint density at radius 2 is 1.04 bits per heavy atom. The van der Waals surface area contributed by atoms with Crippen LogP contribution in [0, 0.1) is 22.7 Å². The van der Waals surface area contributed by atoms with Gasteiger partial charge in [0.1, 0.15) is 4.33 Å². The monoisotopic (exact) mass is 414 g/mol. The highest BCUT2D eigenvalue weighted by molar-refractivity contribution is 6.50. The summed E-state index contributed by atoms with van der Waals surface area (Å²) in [7, 11) is 0. The van der Waals surface area contributed by atoms with Crippen molar-refractivity contribution in [1.82, 2.24) is 0 Å². The molecule has 0 amide bonds. The van der Waals surface area contributed by atoms with Gasteiger partial charge in [-0.1, -0.05) is 71.6 Å². The van der Waals surface area contributed by atoms with Crippen LogP contribution in [0.3, 0.4) is 0 Å². The van der Waals surface area contributed by atoms with E-state index in [1.165, 1.54) is 116 Å². The zero-order valence-corrected chi connectivity index (χ0v) is 19.7. The van der Waals surface area contributed by atoms with Crippen LogP contribution in [0.4, 0.5) is 0 Å². The predicted molar refractivity (Wildman–Crippen MR) is 121 cm³/mol. The molecule has 2 heteroatoms. The third-order valence-corrected chi connectivity index (χ3v) is 10.4. The van der Waals surface area contributed by atoms with E-state index in [0.717, 1.165) is 11.8 Å². The van der Waals surface area contributed by atoms with Crippen molar-refractivity contribution in [2.24, 2.45) is 22.7 Å². The number of rotatable bonds is 9. The molecule has 2 spiro atoms. The Morgan fingerprint density at radius 3 is 1.44 bits per heavy atom. The van der Waals surface area contributed by atoms with Gasteiger partial charge in [0.2, 0.25) is 0 Å². The van der Waals surface area contributed by atoms with Gasteiger partial charge in [-0.2, -0.15) is 0 Å². The highest BCUT2D eigenvalue weighted by atomic mass is 35.5. The molecule has 0 aromatic rings. The van der Waals surface area contributed by atoms with Crippen LogP contribution in [0.15, 0.2) is 0 Å².